The summed E-state index contributed by atoms with van der Waals surface area (Å²) in [5, 5.41) is 5.56. The van der Waals surface area contributed by atoms with Gasteiger partial charge in [-0.2, -0.15) is 0 Å². The van der Waals surface area contributed by atoms with Crippen molar-refractivity contribution < 1.29 is 4.79 Å². The van der Waals surface area contributed by atoms with Crippen LogP contribution in [-0.4, -0.2) is 16.9 Å². The highest BCUT2D eigenvalue weighted by atomic mass is 32.1. The summed E-state index contributed by atoms with van der Waals surface area (Å²) in [6, 6.07) is 0.153. The predicted molar refractivity (Wildman–Crippen MR) is 64.4 cm³/mol. The molecule has 0 saturated heterocycles. The maximum Gasteiger partial charge on any atom is 0.270 e. The second-order valence-corrected chi connectivity index (χ2v) is 5.35. The number of hydrogen-bond acceptors (Lipinski definition) is 4. The number of nitrogens with one attached hydrogen (secondary N) is 1. The van der Waals surface area contributed by atoms with Crippen LogP contribution < -0.4 is 11.1 Å². The highest BCUT2D eigenvalue weighted by Gasteiger charge is 2.29. The van der Waals surface area contributed by atoms with Gasteiger partial charge in [-0.1, -0.05) is 0 Å². The highest BCUT2D eigenvalue weighted by Crippen LogP contribution is 2.32. The number of nitrogens with zero attached hydrogens (tertiary/aromatic N) is 1. The van der Waals surface area contributed by atoms with Crippen LogP contribution >= 0.6 is 11.3 Å². The first kappa shape index (κ1) is 11.5. The lowest BCUT2D eigenvalue weighted by Gasteiger charge is -2.11. The van der Waals surface area contributed by atoms with E-state index in [1.54, 1.807) is 5.38 Å². The molecular formula is C11H17N3OS. The van der Waals surface area contributed by atoms with Crippen LogP contribution in [-0.2, 0) is 0 Å². The minimum atomic E-state index is -0.104. The van der Waals surface area contributed by atoms with Gasteiger partial charge < -0.3 is 11.1 Å². The van der Waals surface area contributed by atoms with Gasteiger partial charge in [0.05, 0.1) is 6.04 Å². The second kappa shape index (κ2) is 4.51. The fourth-order valence-corrected chi connectivity index (χ4v) is 2.35. The van der Waals surface area contributed by atoms with Gasteiger partial charge in [-0.25, -0.2) is 4.98 Å². The lowest BCUT2D eigenvalue weighted by molar-refractivity contribution is 0.0931. The summed E-state index contributed by atoms with van der Waals surface area (Å²) in [5.41, 5.74) is 6.19. The topological polar surface area (TPSA) is 68.0 Å². The highest BCUT2D eigenvalue weighted by molar-refractivity contribution is 7.09. The van der Waals surface area contributed by atoms with E-state index in [0.29, 0.717) is 11.6 Å². The Hall–Kier alpha value is -0.940. The molecule has 1 heterocycles. The third-order valence-corrected chi connectivity index (χ3v) is 3.88. The number of hydrogen-bond donors (Lipinski definition) is 2. The van der Waals surface area contributed by atoms with Crippen LogP contribution in [0.1, 0.15) is 48.2 Å². The SMILES string of the molecule is CC(N)c1nc(C(=O)NC(C)C2CC2)cs1. The average Bonchev–Trinajstić information content (AvgIpc) is 2.95. The van der Waals surface area contributed by atoms with Crippen molar-refractivity contribution in [1.29, 1.82) is 0 Å². The third kappa shape index (κ3) is 2.59. The molecule has 88 valence electrons. The molecule has 4 nitrogen and oxygen atoms in total. The van der Waals surface area contributed by atoms with E-state index in [1.807, 2.05) is 6.92 Å². The Morgan fingerprint density at radius 1 is 1.62 bits per heavy atom. The molecule has 1 aromatic rings. The first-order valence-corrected chi connectivity index (χ1v) is 6.47. The zero-order chi connectivity index (χ0) is 11.7. The van der Waals surface area contributed by atoms with Crippen LogP contribution in [0.5, 0.6) is 0 Å². The third-order valence-electron chi connectivity index (χ3n) is 2.83. The summed E-state index contributed by atoms with van der Waals surface area (Å²) in [6.45, 7) is 3.92. The van der Waals surface area contributed by atoms with Gasteiger partial charge in [0.2, 0.25) is 0 Å². The number of rotatable bonds is 4. The van der Waals surface area contributed by atoms with Crippen LogP contribution in [0.2, 0.25) is 0 Å². The Morgan fingerprint density at radius 2 is 2.31 bits per heavy atom. The minimum Gasteiger partial charge on any atom is -0.348 e. The molecule has 0 spiro atoms. The average molecular weight is 239 g/mol. The molecule has 3 N–H and O–H groups in total. The number of thiazole rings is 1. The van der Waals surface area contributed by atoms with Gasteiger partial charge in [-0.3, -0.25) is 4.79 Å². The summed E-state index contributed by atoms with van der Waals surface area (Å²) in [5.74, 6) is 0.582. The molecular weight excluding hydrogens is 222 g/mol. The zero-order valence-electron chi connectivity index (χ0n) is 9.56. The van der Waals surface area contributed by atoms with Crippen molar-refractivity contribution in [2.24, 2.45) is 11.7 Å². The van der Waals surface area contributed by atoms with Gasteiger partial charge in [0.15, 0.2) is 0 Å². The van der Waals surface area contributed by atoms with Crippen molar-refractivity contribution in [3.05, 3.63) is 16.1 Å². The monoisotopic (exact) mass is 239 g/mol. The molecule has 0 radical (unpaired) electrons. The molecule has 2 unspecified atom stereocenters. The van der Waals surface area contributed by atoms with E-state index in [4.69, 9.17) is 5.73 Å². The van der Waals surface area contributed by atoms with Gasteiger partial charge in [0.1, 0.15) is 10.7 Å². The van der Waals surface area contributed by atoms with Crippen molar-refractivity contribution in [3.63, 3.8) is 0 Å². The van der Waals surface area contributed by atoms with E-state index >= 15 is 0 Å². The standard InChI is InChI=1S/C11H17N3OS/c1-6(12)11-14-9(5-16-11)10(15)13-7(2)8-3-4-8/h5-8H,3-4,12H2,1-2H3,(H,13,15). The van der Waals surface area contributed by atoms with Crippen molar-refractivity contribution in [2.75, 3.05) is 0 Å². The molecule has 2 rings (SSSR count). The van der Waals surface area contributed by atoms with Gasteiger partial charge in [0.25, 0.3) is 5.91 Å². The number of aromatic nitrogens is 1. The van der Waals surface area contributed by atoms with Crippen LogP contribution in [0.25, 0.3) is 0 Å². The van der Waals surface area contributed by atoms with Gasteiger partial charge in [-0.15, -0.1) is 11.3 Å². The Labute approximate surface area is 99.3 Å². The minimum absolute atomic E-state index is 0.0810. The van der Waals surface area contributed by atoms with Crippen molar-refractivity contribution in [2.45, 2.75) is 38.8 Å². The Kier molecular flexibility index (Phi) is 3.25. The van der Waals surface area contributed by atoms with E-state index in [2.05, 4.69) is 17.2 Å². The second-order valence-electron chi connectivity index (χ2n) is 4.46. The molecule has 2 atom stereocenters. The van der Waals surface area contributed by atoms with Crippen molar-refractivity contribution in [1.82, 2.24) is 10.3 Å². The van der Waals surface area contributed by atoms with E-state index in [9.17, 15) is 4.79 Å². The Balaban J connectivity index is 1.97. The summed E-state index contributed by atoms with van der Waals surface area (Å²) >= 11 is 1.44. The fourth-order valence-electron chi connectivity index (χ4n) is 1.60. The largest absolute Gasteiger partial charge is 0.348 e. The van der Waals surface area contributed by atoms with Gasteiger partial charge in [-0.05, 0) is 32.6 Å². The first-order chi connectivity index (χ1) is 7.58. The lowest BCUT2D eigenvalue weighted by Crippen LogP contribution is -2.34. The Morgan fingerprint density at radius 3 is 2.81 bits per heavy atom. The van der Waals surface area contributed by atoms with Crippen LogP contribution in [0, 0.1) is 5.92 Å². The lowest BCUT2D eigenvalue weighted by atomic mass is 10.2. The molecule has 0 aliphatic heterocycles. The molecule has 1 amide bonds. The van der Waals surface area contributed by atoms with E-state index in [1.165, 1.54) is 24.2 Å². The molecule has 1 aromatic heterocycles. The van der Waals surface area contributed by atoms with E-state index < -0.39 is 0 Å². The maximum atomic E-state index is 11.8. The maximum absolute atomic E-state index is 11.8. The number of amides is 1. The van der Waals surface area contributed by atoms with Gasteiger partial charge in [0, 0.05) is 11.4 Å². The number of nitrogens with two attached hydrogens (primary N) is 1. The Bertz CT molecular complexity index is 384. The van der Waals surface area contributed by atoms with E-state index in [0.717, 1.165) is 5.01 Å². The molecule has 0 aromatic carbocycles. The molecule has 16 heavy (non-hydrogen) atoms. The molecule has 1 aliphatic carbocycles. The molecule has 1 aliphatic rings. The molecule has 1 fully saturated rings. The van der Waals surface area contributed by atoms with Crippen LogP contribution in [0.4, 0.5) is 0 Å². The summed E-state index contributed by atoms with van der Waals surface area (Å²) in [7, 11) is 0. The van der Waals surface area contributed by atoms with Gasteiger partial charge >= 0.3 is 0 Å². The first-order valence-electron chi connectivity index (χ1n) is 5.60. The molecule has 1 saturated carbocycles. The van der Waals surface area contributed by atoms with E-state index in [-0.39, 0.29) is 18.0 Å². The van der Waals surface area contributed by atoms with Crippen LogP contribution in [0.3, 0.4) is 0 Å². The smallest absolute Gasteiger partial charge is 0.270 e. The fraction of sp³-hybridized carbons (Fsp3) is 0.636. The zero-order valence-corrected chi connectivity index (χ0v) is 10.4. The summed E-state index contributed by atoms with van der Waals surface area (Å²) < 4.78 is 0. The molecule has 5 heteroatoms. The number of carbonyl (C=O) groups is 1. The summed E-state index contributed by atoms with van der Waals surface area (Å²) in [4.78, 5) is 16.0. The van der Waals surface area contributed by atoms with Crippen molar-refractivity contribution in [3.8, 4) is 0 Å². The quantitative estimate of drug-likeness (QED) is 0.840. The predicted octanol–water partition coefficient (Wildman–Crippen LogP) is 1.69. The molecule has 0 bridgehead atoms. The number of carbonyl (C=O) groups excluding carboxylic acids is 1. The summed E-state index contributed by atoms with van der Waals surface area (Å²) in [6.07, 6.45) is 2.45. The normalized spacial score (nSPS) is 19.2. The van der Waals surface area contributed by atoms with Crippen LogP contribution in [0.15, 0.2) is 5.38 Å². The van der Waals surface area contributed by atoms with Crippen molar-refractivity contribution >= 4 is 17.2 Å².